The molecule has 1 aromatic rings. The Morgan fingerprint density at radius 3 is 2.23 bits per heavy atom. The maximum atomic E-state index is 13.6. The zero-order valence-corrected chi connectivity index (χ0v) is 16.2. The van der Waals surface area contributed by atoms with Gasteiger partial charge in [0.25, 0.3) is 0 Å². The van der Waals surface area contributed by atoms with Crippen molar-refractivity contribution >= 4 is 5.91 Å². The summed E-state index contributed by atoms with van der Waals surface area (Å²) in [4.78, 5) is 16.6. The van der Waals surface area contributed by atoms with Crippen LogP contribution >= 0.6 is 0 Å². The Kier molecular flexibility index (Phi) is 7.53. The summed E-state index contributed by atoms with van der Waals surface area (Å²) < 4.78 is 27.1. The minimum atomic E-state index is -0.564. The van der Waals surface area contributed by atoms with Crippen LogP contribution in [0.5, 0.6) is 0 Å². The average molecular weight is 367 g/mol. The van der Waals surface area contributed by atoms with E-state index in [4.69, 9.17) is 0 Å². The summed E-state index contributed by atoms with van der Waals surface area (Å²) in [6.07, 6.45) is 1.32. The van der Waals surface area contributed by atoms with Gasteiger partial charge in [0.05, 0.1) is 6.54 Å². The van der Waals surface area contributed by atoms with Gasteiger partial charge in [-0.25, -0.2) is 8.78 Å². The van der Waals surface area contributed by atoms with Crippen molar-refractivity contribution in [3.8, 4) is 0 Å². The van der Waals surface area contributed by atoms with Gasteiger partial charge >= 0.3 is 0 Å². The summed E-state index contributed by atoms with van der Waals surface area (Å²) in [5.74, 6) is -1.22. The Morgan fingerprint density at radius 1 is 1.08 bits per heavy atom. The Morgan fingerprint density at radius 2 is 1.65 bits per heavy atom. The van der Waals surface area contributed by atoms with E-state index >= 15 is 0 Å². The lowest BCUT2D eigenvalue weighted by Gasteiger charge is -2.35. The van der Waals surface area contributed by atoms with Crippen molar-refractivity contribution < 1.29 is 13.6 Å². The second-order valence-electron chi connectivity index (χ2n) is 8.23. The fraction of sp³-hybridized carbons (Fsp3) is 0.650. The Hall–Kier alpha value is -1.53. The third-order valence-electron chi connectivity index (χ3n) is 4.77. The minimum Gasteiger partial charge on any atom is -0.355 e. The van der Waals surface area contributed by atoms with Crippen molar-refractivity contribution in [3.05, 3.63) is 35.4 Å². The van der Waals surface area contributed by atoms with E-state index in [-0.39, 0.29) is 24.4 Å². The number of carbonyl (C=O) groups is 1. The summed E-state index contributed by atoms with van der Waals surface area (Å²) in [5, 5.41) is 2.76. The number of amides is 1. The fourth-order valence-corrected chi connectivity index (χ4v) is 3.02. The normalized spacial score (nSPS) is 16.7. The van der Waals surface area contributed by atoms with Crippen LogP contribution in [0.3, 0.4) is 0 Å². The molecule has 2 rings (SSSR count). The second-order valence-corrected chi connectivity index (χ2v) is 8.23. The number of nitrogens with zero attached hydrogens (tertiary/aromatic N) is 2. The molecule has 6 heteroatoms. The van der Waals surface area contributed by atoms with Crippen molar-refractivity contribution in [1.82, 2.24) is 15.1 Å². The Bertz CT molecular complexity index is 573. The molecule has 0 atom stereocenters. The fourth-order valence-electron chi connectivity index (χ4n) is 3.02. The van der Waals surface area contributed by atoms with Crippen molar-refractivity contribution in [2.75, 3.05) is 45.8 Å². The predicted octanol–water partition coefficient (Wildman–Crippen LogP) is 2.68. The monoisotopic (exact) mass is 367 g/mol. The van der Waals surface area contributed by atoms with Gasteiger partial charge in [-0.15, -0.1) is 0 Å². The Balaban J connectivity index is 1.65. The number of hydrogen-bond acceptors (Lipinski definition) is 3. The molecule has 146 valence electrons. The summed E-state index contributed by atoms with van der Waals surface area (Å²) in [7, 11) is 0. The molecule has 1 heterocycles. The predicted molar refractivity (Wildman–Crippen MR) is 100 cm³/mol. The molecule has 0 aliphatic carbocycles. The van der Waals surface area contributed by atoms with Crippen molar-refractivity contribution in [2.45, 2.75) is 33.6 Å². The number of nitrogens with one attached hydrogen (secondary N) is 1. The van der Waals surface area contributed by atoms with E-state index in [9.17, 15) is 13.6 Å². The molecule has 1 aliphatic heterocycles. The third-order valence-corrected chi connectivity index (χ3v) is 4.77. The molecule has 0 unspecified atom stereocenters. The molecule has 1 fully saturated rings. The van der Waals surface area contributed by atoms with Gasteiger partial charge in [-0.05, 0) is 36.9 Å². The van der Waals surface area contributed by atoms with Crippen LogP contribution in [0.1, 0.15) is 32.8 Å². The van der Waals surface area contributed by atoms with Gasteiger partial charge in [-0.2, -0.15) is 0 Å². The van der Waals surface area contributed by atoms with Gasteiger partial charge in [-0.1, -0.05) is 26.8 Å². The first kappa shape index (κ1) is 20.8. The van der Waals surface area contributed by atoms with Gasteiger partial charge in [0, 0.05) is 38.3 Å². The number of carbonyl (C=O) groups excluding carboxylic acids is 1. The quantitative estimate of drug-likeness (QED) is 0.805. The van der Waals surface area contributed by atoms with Gasteiger partial charge in [0.15, 0.2) is 0 Å². The second kappa shape index (κ2) is 9.42. The van der Waals surface area contributed by atoms with Crippen LogP contribution in [0.4, 0.5) is 8.78 Å². The van der Waals surface area contributed by atoms with E-state index in [1.54, 1.807) is 0 Å². The van der Waals surface area contributed by atoms with Gasteiger partial charge in [0.1, 0.15) is 11.6 Å². The number of piperazine rings is 1. The first-order valence-corrected chi connectivity index (χ1v) is 9.39. The lowest BCUT2D eigenvalue weighted by atomic mass is 9.92. The summed E-state index contributed by atoms with van der Waals surface area (Å²) in [5.41, 5.74) is 0.370. The minimum absolute atomic E-state index is 0.0280. The summed E-state index contributed by atoms with van der Waals surface area (Å²) >= 11 is 0. The number of rotatable bonds is 7. The van der Waals surface area contributed by atoms with E-state index in [1.165, 1.54) is 24.6 Å². The number of benzene rings is 1. The standard InChI is InChI=1S/C20H31F2N3O/c1-20(2,3)8-10-24-11-13-25(14-12-24)15-19(26)23-9-7-16-17(21)5-4-6-18(16)22/h4-6H,7-15H2,1-3H3,(H,23,26). The molecule has 0 bridgehead atoms. The summed E-state index contributed by atoms with van der Waals surface area (Å²) in [6, 6.07) is 3.81. The molecule has 26 heavy (non-hydrogen) atoms. The molecule has 1 amide bonds. The van der Waals surface area contributed by atoms with Crippen molar-refractivity contribution in [3.63, 3.8) is 0 Å². The molecule has 0 radical (unpaired) electrons. The van der Waals surface area contributed by atoms with E-state index in [1.807, 2.05) is 0 Å². The van der Waals surface area contributed by atoms with Crippen LogP contribution in [0.15, 0.2) is 18.2 Å². The molecule has 0 saturated carbocycles. The topological polar surface area (TPSA) is 35.6 Å². The van der Waals surface area contributed by atoms with Crippen LogP contribution in [-0.2, 0) is 11.2 Å². The maximum Gasteiger partial charge on any atom is 0.234 e. The first-order valence-electron chi connectivity index (χ1n) is 9.39. The number of halogens is 2. The lowest BCUT2D eigenvalue weighted by Crippen LogP contribution is -2.50. The molecule has 1 aliphatic rings. The zero-order chi connectivity index (χ0) is 19.2. The zero-order valence-electron chi connectivity index (χ0n) is 16.2. The molecular formula is C20H31F2N3O. The van der Waals surface area contributed by atoms with Gasteiger partial charge < -0.3 is 10.2 Å². The van der Waals surface area contributed by atoms with Gasteiger partial charge in [-0.3, -0.25) is 9.69 Å². The Labute approximate surface area is 155 Å². The SMILES string of the molecule is CC(C)(C)CCN1CCN(CC(=O)NCCc2c(F)cccc2F)CC1. The molecular weight excluding hydrogens is 336 g/mol. The van der Waals surface area contributed by atoms with Crippen LogP contribution in [0.2, 0.25) is 0 Å². The van der Waals surface area contributed by atoms with Crippen LogP contribution in [0.25, 0.3) is 0 Å². The molecule has 1 N–H and O–H groups in total. The number of hydrogen-bond donors (Lipinski definition) is 1. The smallest absolute Gasteiger partial charge is 0.234 e. The highest BCUT2D eigenvalue weighted by Gasteiger charge is 2.20. The van der Waals surface area contributed by atoms with Crippen LogP contribution in [-0.4, -0.2) is 61.5 Å². The van der Waals surface area contributed by atoms with Crippen molar-refractivity contribution in [1.29, 1.82) is 0 Å². The average Bonchev–Trinajstić information content (AvgIpc) is 2.56. The summed E-state index contributed by atoms with van der Waals surface area (Å²) in [6.45, 7) is 12.1. The van der Waals surface area contributed by atoms with Crippen molar-refractivity contribution in [2.24, 2.45) is 5.41 Å². The maximum absolute atomic E-state index is 13.6. The van der Waals surface area contributed by atoms with Crippen LogP contribution < -0.4 is 5.32 Å². The molecule has 1 saturated heterocycles. The van der Waals surface area contributed by atoms with E-state index < -0.39 is 11.6 Å². The molecule has 4 nitrogen and oxygen atoms in total. The highest BCUT2D eigenvalue weighted by atomic mass is 19.1. The first-order chi connectivity index (χ1) is 12.2. The molecule has 1 aromatic carbocycles. The van der Waals surface area contributed by atoms with E-state index in [0.29, 0.717) is 12.0 Å². The van der Waals surface area contributed by atoms with E-state index in [0.717, 1.165) is 32.7 Å². The van der Waals surface area contributed by atoms with E-state index in [2.05, 4.69) is 35.9 Å². The highest BCUT2D eigenvalue weighted by molar-refractivity contribution is 5.78. The third kappa shape index (κ3) is 7.00. The van der Waals surface area contributed by atoms with Gasteiger partial charge in [0.2, 0.25) is 5.91 Å². The highest BCUT2D eigenvalue weighted by Crippen LogP contribution is 2.19. The molecule has 0 spiro atoms. The largest absolute Gasteiger partial charge is 0.355 e. The lowest BCUT2D eigenvalue weighted by molar-refractivity contribution is -0.122. The molecule has 0 aromatic heterocycles. The van der Waals surface area contributed by atoms with Crippen LogP contribution in [0, 0.1) is 17.0 Å².